The first kappa shape index (κ1) is 12.9. The minimum absolute atomic E-state index is 0.0421. The van der Waals surface area contributed by atoms with Crippen molar-refractivity contribution < 1.29 is 9.84 Å². The zero-order chi connectivity index (χ0) is 12.3. The molecule has 0 aromatic heterocycles. The molecule has 94 valence electrons. The third-order valence-electron chi connectivity index (χ3n) is 3.88. The molecule has 2 rings (SSSR count). The number of aliphatic hydroxyl groups is 1. The molecule has 2 nitrogen and oxygen atoms in total. The van der Waals surface area contributed by atoms with Crippen molar-refractivity contribution >= 4 is 11.8 Å². The summed E-state index contributed by atoms with van der Waals surface area (Å²) in [5, 5.41) is 9.53. The lowest BCUT2D eigenvalue weighted by Crippen LogP contribution is -2.53. The summed E-state index contributed by atoms with van der Waals surface area (Å²) in [4.78, 5) is 1.28. The lowest BCUT2D eigenvalue weighted by molar-refractivity contribution is -0.101. The van der Waals surface area contributed by atoms with Gasteiger partial charge in [0.15, 0.2) is 0 Å². The van der Waals surface area contributed by atoms with Gasteiger partial charge in [0, 0.05) is 16.9 Å². The second-order valence-corrected chi connectivity index (χ2v) is 5.54. The summed E-state index contributed by atoms with van der Waals surface area (Å²) < 4.78 is 5.42. The van der Waals surface area contributed by atoms with Crippen LogP contribution < -0.4 is 0 Å². The summed E-state index contributed by atoms with van der Waals surface area (Å²) in [6.45, 7) is 3.86. The van der Waals surface area contributed by atoms with E-state index in [0.717, 1.165) is 19.6 Å². The Morgan fingerprint density at radius 2 is 2.00 bits per heavy atom. The van der Waals surface area contributed by atoms with Gasteiger partial charge in [-0.05, 0) is 29.9 Å². The summed E-state index contributed by atoms with van der Waals surface area (Å²) in [6.07, 6.45) is 3.07. The Kier molecular flexibility index (Phi) is 4.13. The Balaban J connectivity index is 2.27. The van der Waals surface area contributed by atoms with E-state index >= 15 is 0 Å². The maximum absolute atomic E-state index is 9.53. The molecule has 1 atom stereocenters. The van der Waals surface area contributed by atoms with E-state index in [1.165, 1.54) is 10.5 Å². The van der Waals surface area contributed by atoms with Crippen molar-refractivity contribution in [3.05, 3.63) is 29.8 Å². The number of ether oxygens (including phenoxy) is 1. The Morgan fingerprint density at radius 3 is 2.35 bits per heavy atom. The molecule has 0 aliphatic carbocycles. The van der Waals surface area contributed by atoms with Crippen LogP contribution in [-0.4, -0.2) is 31.2 Å². The van der Waals surface area contributed by atoms with E-state index in [2.05, 4.69) is 37.4 Å². The topological polar surface area (TPSA) is 29.5 Å². The van der Waals surface area contributed by atoms with Gasteiger partial charge >= 0.3 is 0 Å². The number of hydrogen-bond donors (Lipinski definition) is 1. The molecule has 0 spiro atoms. The summed E-state index contributed by atoms with van der Waals surface area (Å²) >= 11 is 1.75. The monoisotopic (exact) mass is 252 g/mol. The van der Waals surface area contributed by atoms with Crippen LogP contribution in [0.1, 0.15) is 18.9 Å². The highest BCUT2D eigenvalue weighted by atomic mass is 32.2. The number of thioether (sulfide) groups is 1. The molecule has 0 saturated carbocycles. The highest BCUT2D eigenvalue weighted by Crippen LogP contribution is 2.41. The van der Waals surface area contributed by atoms with E-state index in [1.54, 1.807) is 11.8 Å². The van der Waals surface area contributed by atoms with Gasteiger partial charge in [-0.1, -0.05) is 25.5 Å². The minimum atomic E-state index is 0.0421. The molecule has 17 heavy (non-hydrogen) atoms. The van der Waals surface area contributed by atoms with Crippen molar-refractivity contribution in [2.45, 2.75) is 23.7 Å². The molecule has 0 bridgehead atoms. The fraction of sp³-hybridized carbons (Fsp3) is 0.571. The molecule has 0 radical (unpaired) electrons. The van der Waals surface area contributed by atoms with Crippen LogP contribution in [0.25, 0.3) is 0 Å². The fourth-order valence-electron chi connectivity index (χ4n) is 2.58. The molecule has 1 saturated heterocycles. The van der Waals surface area contributed by atoms with Crippen molar-refractivity contribution in [2.24, 2.45) is 5.92 Å². The number of aliphatic hydroxyl groups excluding tert-OH is 1. The first-order chi connectivity index (χ1) is 8.26. The van der Waals surface area contributed by atoms with E-state index in [9.17, 15) is 5.11 Å². The van der Waals surface area contributed by atoms with Crippen LogP contribution >= 0.6 is 11.8 Å². The average molecular weight is 252 g/mol. The third-order valence-corrected chi connectivity index (χ3v) is 4.62. The van der Waals surface area contributed by atoms with Crippen LogP contribution in [0.3, 0.4) is 0 Å². The lowest BCUT2D eigenvalue weighted by Gasteiger charge is -2.47. The van der Waals surface area contributed by atoms with Gasteiger partial charge in [-0.25, -0.2) is 0 Å². The molecule has 1 fully saturated rings. The normalized spacial score (nSPS) is 19.7. The zero-order valence-corrected chi connectivity index (χ0v) is 11.3. The van der Waals surface area contributed by atoms with E-state index in [4.69, 9.17) is 4.74 Å². The molecule has 1 aromatic carbocycles. The summed E-state index contributed by atoms with van der Waals surface area (Å²) in [5.74, 6) is 0.302. The standard InChI is InChI=1S/C14H20O2S/c1-3-11(8-15)14(9-16-10-14)12-4-6-13(17-2)7-5-12/h4-7,11,15H,3,8-10H2,1-2H3. The predicted molar refractivity (Wildman–Crippen MR) is 71.6 cm³/mol. The molecule has 1 aliphatic rings. The molecule has 1 aromatic rings. The van der Waals surface area contributed by atoms with Crippen LogP contribution in [0, 0.1) is 5.92 Å². The van der Waals surface area contributed by atoms with Crippen molar-refractivity contribution in [3.8, 4) is 0 Å². The Morgan fingerprint density at radius 1 is 1.35 bits per heavy atom. The SMILES string of the molecule is CCC(CO)C1(c2ccc(SC)cc2)COC1. The zero-order valence-electron chi connectivity index (χ0n) is 10.5. The maximum atomic E-state index is 9.53. The molecule has 1 heterocycles. The third kappa shape index (κ3) is 2.24. The fourth-order valence-corrected chi connectivity index (χ4v) is 2.99. The minimum Gasteiger partial charge on any atom is -0.396 e. The largest absolute Gasteiger partial charge is 0.396 e. The average Bonchev–Trinajstić information content (AvgIpc) is 2.34. The molecule has 3 heteroatoms. The molecule has 1 unspecified atom stereocenters. The molecular formula is C14H20O2S. The van der Waals surface area contributed by atoms with Gasteiger partial charge < -0.3 is 9.84 Å². The van der Waals surface area contributed by atoms with Gasteiger partial charge in [-0.2, -0.15) is 0 Å². The predicted octanol–water partition coefficient (Wildman–Crippen LogP) is 2.70. The Labute approximate surface area is 107 Å². The smallest absolute Gasteiger partial charge is 0.0589 e. The number of benzene rings is 1. The van der Waals surface area contributed by atoms with E-state index < -0.39 is 0 Å². The Bertz CT molecular complexity index is 353. The number of rotatable bonds is 5. The van der Waals surface area contributed by atoms with Crippen LogP contribution in [-0.2, 0) is 10.2 Å². The van der Waals surface area contributed by atoms with Crippen molar-refractivity contribution in [3.63, 3.8) is 0 Å². The van der Waals surface area contributed by atoms with Gasteiger partial charge in [0.1, 0.15) is 0 Å². The van der Waals surface area contributed by atoms with Crippen molar-refractivity contribution in [1.29, 1.82) is 0 Å². The van der Waals surface area contributed by atoms with Crippen molar-refractivity contribution in [2.75, 3.05) is 26.1 Å². The van der Waals surface area contributed by atoms with Gasteiger partial charge in [-0.3, -0.25) is 0 Å². The lowest BCUT2D eigenvalue weighted by atomic mass is 9.68. The van der Waals surface area contributed by atoms with E-state index in [1.807, 2.05) is 0 Å². The number of hydrogen-bond acceptors (Lipinski definition) is 3. The second kappa shape index (κ2) is 5.42. The van der Waals surface area contributed by atoms with Crippen LogP contribution in [0.2, 0.25) is 0 Å². The van der Waals surface area contributed by atoms with Crippen molar-refractivity contribution in [1.82, 2.24) is 0 Å². The summed E-state index contributed by atoms with van der Waals surface area (Å²) in [7, 11) is 0. The highest BCUT2D eigenvalue weighted by molar-refractivity contribution is 7.98. The van der Waals surface area contributed by atoms with Crippen LogP contribution in [0.4, 0.5) is 0 Å². The molecule has 1 aliphatic heterocycles. The van der Waals surface area contributed by atoms with Gasteiger partial charge in [-0.15, -0.1) is 11.8 Å². The van der Waals surface area contributed by atoms with Gasteiger partial charge in [0.2, 0.25) is 0 Å². The second-order valence-electron chi connectivity index (χ2n) is 4.67. The Hall–Kier alpha value is -0.510. The molecule has 1 N–H and O–H groups in total. The summed E-state index contributed by atoms with van der Waals surface area (Å²) in [6, 6.07) is 8.69. The first-order valence-electron chi connectivity index (χ1n) is 6.10. The molecular weight excluding hydrogens is 232 g/mol. The van der Waals surface area contributed by atoms with Crippen LogP contribution in [0.5, 0.6) is 0 Å². The van der Waals surface area contributed by atoms with Gasteiger partial charge in [0.25, 0.3) is 0 Å². The highest BCUT2D eigenvalue weighted by Gasteiger charge is 2.45. The van der Waals surface area contributed by atoms with E-state index in [0.29, 0.717) is 5.92 Å². The van der Waals surface area contributed by atoms with Gasteiger partial charge in [0.05, 0.1) is 13.2 Å². The first-order valence-corrected chi connectivity index (χ1v) is 7.32. The molecule has 0 amide bonds. The van der Waals surface area contributed by atoms with Crippen LogP contribution in [0.15, 0.2) is 29.2 Å². The quantitative estimate of drug-likeness (QED) is 0.817. The van der Waals surface area contributed by atoms with E-state index in [-0.39, 0.29) is 12.0 Å². The maximum Gasteiger partial charge on any atom is 0.0589 e. The summed E-state index contributed by atoms with van der Waals surface area (Å²) in [5.41, 5.74) is 1.35.